The normalized spacial score (nSPS) is 24.1. The molecule has 0 bridgehead atoms. The highest BCUT2D eigenvalue weighted by molar-refractivity contribution is 7.12. The molecule has 0 aliphatic heterocycles. The van der Waals surface area contributed by atoms with Crippen molar-refractivity contribution in [3.63, 3.8) is 0 Å². The van der Waals surface area contributed by atoms with Crippen molar-refractivity contribution in [3.8, 4) is 0 Å². The summed E-state index contributed by atoms with van der Waals surface area (Å²) in [5.41, 5.74) is 7.46. The SMILES string of the molecule is Cc1cc2c(s1)CCC2C(C)N. The van der Waals surface area contributed by atoms with E-state index in [2.05, 4.69) is 19.9 Å². The van der Waals surface area contributed by atoms with Crippen molar-refractivity contribution in [1.29, 1.82) is 0 Å². The first-order valence-electron chi connectivity index (χ1n) is 4.53. The van der Waals surface area contributed by atoms with Crippen LogP contribution in [0.4, 0.5) is 0 Å². The highest BCUT2D eigenvalue weighted by atomic mass is 32.1. The number of thiophene rings is 1. The standard InChI is InChI=1S/C10H15NS/c1-6-5-9-8(7(2)11)3-4-10(9)12-6/h5,7-8H,3-4,11H2,1-2H3. The summed E-state index contributed by atoms with van der Waals surface area (Å²) in [5, 5.41) is 0. The summed E-state index contributed by atoms with van der Waals surface area (Å²) in [4.78, 5) is 3.01. The number of nitrogens with two attached hydrogens (primary N) is 1. The molecule has 66 valence electrons. The largest absolute Gasteiger partial charge is 0.327 e. The predicted octanol–water partition coefficient (Wildman–Crippen LogP) is 2.43. The molecule has 1 aromatic rings. The lowest BCUT2D eigenvalue weighted by Crippen LogP contribution is -2.22. The third kappa shape index (κ3) is 1.19. The summed E-state index contributed by atoms with van der Waals surface area (Å²) in [6.45, 7) is 4.30. The minimum atomic E-state index is 0.320. The van der Waals surface area contributed by atoms with Gasteiger partial charge in [-0.25, -0.2) is 0 Å². The van der Waals surface area contributed by atoms with Gasteiger partial charge in [0.25, 0.3) is 0 Å². The van der Waals surface area contributed by atoms with E-state index in [0.717, 1.165) is 0 Å². The van der Waals surface area contributed by atoms with Gasteiger partial charge in [0.1, 0.15) is 0 Å². The highest BCUT2D eigenvalue weighted by Crippen LogP contribution is 2.39. The Kier molecular flexibility index (Phi) is 1.97. The molecule has 0 spiro atoms. The van der Waals surface area contributed by atoms with Crippen LogP contribution in [0.5, 0.6) is 0 Å². The monoisotopic (exact) mass is 181 g/mol. The number of hydrogen-bond donors (Lipinski definition) is 1. The van der Waals surface area contributed by atoms with Gasteiger partial charge < -0.3 is 5.73 Å². The maximum absolute atomic E-state index is 5.93. The van der Waals surface area contributed by atoms with Crippen LogP contribution in [0, 0.1) is 6.92 Å². The summed E-state index contributed by atoms with van der Waals surface area (Å²) in [6.07, 6.45) is 2.51. The van der Waals surface area contributed by atoms with E-state index in [0.29, 0.717) is 12.0 Å². The molecule has 2 atom stereocenters. The first kappa shape index (κ1) is 8.27. The molecule has 0 saturated heterocycles. The van der Waals surface area contributed by atoms with Gasteiger partial charge in [0.15, 0.2) is 0 Å². The second-order valence-electron chi connectivity index (χ2n) is 3.74. The van der Waals surface area contributed by atoms with Crippen molar-refractivity contribution in [2.75, 3.05) is 0 Å². The summed E-state index contributed by atoms with van der Waals surface area (Å²) >= 11 is 1.94. The Hall–Kier alpha value is -0.340. The van der Waals surface area contributed by atoms with Gasteiger partial charge in [-0.3, -0.25) is 0 Å². The van der Waals surface area contributed by atoms with E-state index < -0.39 is 0 Å². The van der Waals surface area contributed by atoms with Crippen LogP contribution in [0.1, 0.15) is 34.6 Å². The summed E-state index contributed by atoms with van der Waals surface area (Å²) < 4.78 is 0. The smallest absolute Gasteiger partial charge is 0.00837 e. The molecule has 2 rings (SSSR count). The van der Waals surface area contributed by atoms with Crippen LogP contribution in [-0.4, -0.2) is 6.04 Å². The van der Waals surface area contributed by atoms with Gasteiger partial charge in [0, 0.05) is 21.7 Å². The van der Waals surface area contributed by atoms with Gasteiger partial charge in [-0.05, 0) is 38.3 Å². The van der Waals surface area contributed by atoms with E-state index >= 15 is 0 Å². The lowest BCUT2D eigenvalue weighted by Gasteiger charge is -2.13. The van der Waals surface area contributed by atoms with Gasteiger partial charge in [-0.2, -0.15) is 0 Å². The fourth-order valence-corrected chi connectivity index (χ4v) is 3.20. The minimum absolute atomic E-state index is 0.320. The quantitative estimate of drug-likeness (QED) is 0.707. The van der Waals surface area contributed by atoms with Crippen molar-refractivity contribution in [2.24, 2.45) is 5.73 Å². The van der Waals surface area contributed by atoms with Crippen molar-refractivity contribution in [1.82, 2.24) is 0 Å². The molecular formula is C10H15NS. The first-order chi connectivity index (χ1) is 5.68. The Morgan fingerprint density at radius 3 is 3.08 bits per heavy atom. The second-order valence-corrected chi connectivity index (χ2v) is 5.08. The molecule has 2 heteroatoms. The summed E-state index contributed by atoms with van der Waals surface area (Å²) in [6, 6.07) is 2.64. The van der Waals surface area contributed by atoms with Gasteiger partial charge >= 0.3 is 0 Å². The molecule has 2 N–H and O–H groups in total. The lowest BCUT2D eigenvalue weighted by molar-refractivity contribution is 0.564. The fraction of sp³-hybridized carbons (Fsp3) is 0.600. The zero-order valence-corrected chi connectivity index (χ0v) is 8.45. The van der Waals surface area contributed by atoms with Crippen LogP contribution in [0.15, 0.2) is 6.07 Å². The van der Waals surface area contributed by atoms with Crippen LogP contribution >= 0.6 is 11.3 Å². The molecule has 12 heavy (non-hydrogen) atoms. The van der Waals surface area contributed by atoms with E-state index in [1.807, 2.05) is 11.3 Å². The molecule has 0 saturated carbocycles. The molecule has 1 aliphatic rings. The van der Waals surface area contributed by atoms with Crippen LogP contribution in [0.3, 0.4) is 0 Å². The Morgan fingerprint density at radius 1 is 1.67 bits per heavy atom. The molecule has 2 unspecified atom stereocenters. The fourth-order valence-electron chi connectivity index (χ4n) is 2.08. The zero-order valence-electron chi connectivity index (χ0n) is 7.63. The van der Waals surface area contributed by atoms with E-state index in [-0.39, 0.29) is 0 Å². The molecule has 0 fully saturated rings. The predicted molar refractivity (Wildman–Crippen MR) is 53.8 cm³/mol. The Balaban J connectivity index is 2.34. The number of rotatable bonds is 1. The van der Waals surface area contributed by atoms with Crippen molar-refractivity contribution in [3.05, 3.63) is 21.4 Å². The highest BCUT2D eigenvalue weighted by Gasteiger charge is 2.26. The molecular weight excluding hydrogens is 166 g/mol. The molecule has 1 heterocycles. The molecule has 0 radical (unpaired) electrons. The summed E-state index contributed by atoms with van der Waals surface area (Å²) in [7, 11) is 0. The van der Waals surface area contributed by atoms with Gasteiger partial charge in [-0.1, -0.05) is 0 Å². The second kappa shape index (κ2) is 2.86. The van der Waals surface area contributed by atoms with Gasteiger partial charge in [0.05, 0.1) is 0 Å². The maximum atomic E-state index is 5.93. The third-order valence-electron chi connectivity index (χ3n) is 2.68. The Labute approximate surface area is 77.6 Å². The van der Waals surface area contributed by atoms with Crippen molar-refractivity contribution in [2.45, 2.75) is 38.6 Å². The van der Waals surface area contributed by atoms with Crippen LogP contribution in [0.25, 0.3) is 0 Å². The van der Waals surface area contributed by atoms with Crippen molar-refractivity contribution >= 4 is 11.3 Å². The average Bonchev–Trinajstić information content (AvgIpc) is 2.43. The molecule has 0 amide bonds. The van der Waals surface area contributed by atoms with Crippen LogP contribution in [0.2, 0.25) is 0 Å². The lowest BCUT2D eigenvalue weighted by atomic mass is 9.96. The average molecular weight is 181 g/mol. The number of aryl methyl sites for hydroxylation is 2. The third-order valence-corrected chi connectivity index (χ3v) is 3.81. The van der Waals surface area contributed by atoms with Crippen LogP contribution < -0.4 is 5.73 Å². The molecule has 0 aromatic carbocycles. The first-order valence-corrected chi connectivity index (χ1v) is 5.35. The number of hydrogen-bond acceptors (Lipinski definition) is 2. The van der Waals surface area contributed by atoms with Gasteiger partial charge in [0.2, 0.25) is 0 Å². The van der Waals surface area contributed by atoms with Crippen molar-refractivity contribution < 1.29 is 0 Å². The topological polar surface area (TPSA) is 26.0 Å². The van der Waals surface area contributed by atoms with E-state index in [4.69, 9.17) is 5.73 Å². The van der Waals surface area contributed by atoms with E-state index in [1.165, 1.54) is 23.3 Å². The number of fused-ring (bicyclic) bond motifs is 1. The summed E-state index contributed by atoms with van der Waals surface area (Å²) in [5.74, 6) is 0.630. The molecule has 1 aromatic heterocycles. The Morgan fingerprint density at radius 2 is 2.42 bits per heavy atom. The van der Waals surface area contributed by atoms with Crippen LogP contribution in [-0.2, 0) is 6.42 Å². The molecule has 1 aliphatic carbocycles. The maximum Gasteiger partial charge on any atom is 0.00837 e. The van der Waals surface area contributed by atoms with E-state index in [1.54, 1.807) is 4.88 Å². The minimum Gasteiger partial charge on any atom is -0.327 e. The molecule has 1 nitrogen and oxygen atoms in total. The zero-order chi connectivity index (χ0) is 8.72. The van der Waals surface area contributed by atoms with Gasteiger partial charge in [-0.15, -0.1) is 11.3 Å². The van der Waals surface area contributed by atoms with E-state index in [9.17, 15) is 0 Å². The Bertz CT molecular complexity index is 288.